The lowest BCUT2D eigenvalue weighted by Gasteiger charge is -2.08. The van der Waals surface area contributed by atoms with Crippen molar-refractivity contribution in [1.29, 1.82) is 0 Å². The second-order valence-corrected chi connectivity index (χ2v) is 3.43. The minimum absolute atomic E-state index is 0.479. The van der Waals surface area contributed by atoms with Crippen LogP contribution in [-0.2, 0) is 12.4 Å². The van der Waals surface area contributed by atoms with Crippen molar-refractivity contribution in [3.05, 3.63) is 35.5 Å². The highest BCUT2D eigenvalue weighted by Crippen LogP contribution is 2.39. The monoisotopic (exact) mass is 253 g/mol. The Bertz CT molecular complexity index is 548. The number of fused-ring (bicyclic) bond motifs is 1. The Hall–Kier alpha value is -1.66. The number of hydrogen-bond acceptors (Lipinski definition) is 0. The molecule has 0 fully saturated rings. The van der Waals surface area contributed by atoms with Crippen LogP contribution >= 0.6 is 0 Å². The molecule has 7 heteroatoms. The van der Waals surface area contributed by atoms with Crippen molar-refractivity contribution in [2.75, 3.05) is 0 Å². The van der Waals surface area contributed by atoms with Crippen molar-refractivity contribution in [3.8, 4) is 0 Å². The van der Waals surface area contributed by atoms with Gasteiger partial charge >= 0.3 is 12.4 Å². The van der Waals surface area contributed by atoms with Gasteiger partial charge in [0.25, 0.3) is 0 Å². The molecule has 0 radical (unpaired) electrons. The number of aromatic amines is 1. The summed E-state index contributed by atoms with van der Waals surface area (Å²) in [6.07, 6.45) is -8.82. The first-order chi connectivity index (χ1) is 7.71. The standard InChI is InChI=1S/C10H5F6N/c11-9(12,13)6-3-1-2-5-7(10(14,15)16)4-17-8(5)6/h1-4,17H. The van der Waals surface area contributed by atoms with Crippen molar-refractivity contribution < 1.29 is 26.3 Å². The molecule has 0 amide bonds. The Kier molecular flexibility index (Phi) is 2.37. The van der Waals surface area contributed by atoms with Crippen LogP contribution in [0.15, 0.2) is 24.4 Å². The molecule has 0 atom stereocenters. The average Bonchev–Trinajstić information content (AvgIpc) is 2.57. The summed E-state index contributed by atoms with van der Waals surface area (Å²) < 4.78 is 75.0. The molecule has 0 spiro atoms. The fraction of sp³-hybridized carbons (Fsp3) is 0.200. The SMILES string of the molecule is FC(F)(F)c1c[nH]c2c(C(F)(F)F)cccc12. The molecule has 1 nitrogen and oxygen atoms in total. The Labute approximate surface area is 91.0 Å². The smallest absolute Gasteiger partial charge is 0.360 e. The van der Waals surface area contributed by atoms with Gasteiger partial charge in [-0.2, -0.15) is 26.3 Å². The predicted molar refractivity (Wildman–Crippen MR) is 48.3 cm³/mol. The van der Waals surface area contributed by atoms with Crippen LogP contribution in [-0.4, -0.2) is 4.98 Å². The predicted octanol–water partition coefficient (Wildman–Crippen LogP) is 4.21. The highest BCUT2D eigenvalue weighted by molar-refractivity contribution is 5.86. The minimum Gasteiger partial charge on any atom is -0.360 e. The quantitative estimate of drug-likeness (QED) is 0.677. The summed E-state index contributed by atoms with van der Waals surface area (Å²) in [4.78, 5) is 2.03. The molecule has 2 aromatic rings. The summed E-state index contributed by atoms with van der Waals surface area (Å²) in [7, 11) is 0. The highest BCUT2D eigenvalue weighted by Gasteiger charge is 2.37. The van der Waals surface area contributed by atoms with Gasteiger partial charge in [-0.05, 0) is 6.07 Å². The molecule has 0 aliphatic carbocycles. The number of nitrogens with one attached hydrogen (secondary N) is 1. The summed E-state index contributed by atoms with van der Waals surface area (Å²) >= 11 is 0. The van der Waals surface area contributed by atoms with E-state index >= 15 is 0 Å². The first-order valence-electron chi connectivity index (χ1n) is 4.46. The van der Waals surface area contributed by atoms with Crippen LogP contribution in [0.2, 0.25) is 0 Å². The first-order valence-corrected chi connectivity index (χ1v) is 4.46. The Morgan fingerprint density at radius 1 is 0.824 bits per heavy atom. The van der Waals surface area contributed by atoms with E-state index in [1.54, 1.807) is 0 Å². The van der Waals surface area contributed by atoms with Crippen LogP contribution in [0.3, 0.4) is 0 Å². The van der Waals surface area contributed by atoms with Gasteiger partial charge in [-0.1, -0.05) is 12.1 Å². The summed E-state index contributed by atoms with van der Waals surface area (Å²) in [5.74, 6) is 0. The Morgan fingerprint density at radius 3 is 1.94 bits per heavy atom. The van der Waals surface area contributed by atoms with Gasteiger partial charge in [0.1, 0.15) is 0 Å². The number of aromatic nitrogens is 1. The van der Waals surface area contributed by atoms with Crippen LogP contribution in [0.1, 0.15) is 11.1 Å². The number of para-hydroxylation sites is 1. The number of hydrogen-bond donors (Lipinski definition) is 1. The molecular weight excluding hydrogens is 248 g/mol. The topological polar surface area (TPSA) is 15.8 Å². The summed E-state index contributed by atoms with van der Waals surface area (Å²) in [5.41, 5.74) is -2.75. The largest absolute Gasteiger partial charge is 0.418 e. The second kappa shape index (κ2) is 3.41. The van der Waals surface area contributed by atoms with E-state index in [0.29, 0.717) is 6.20 Å². The van der Waals surface area contributed by atoms with E-state index in [2.05, 4.69) is 0 Å². The van der Waals surface area contributed by atoms with Crippen molar-refractivity contribution in [3.63, 3.8) is 0 Å². The number of benzene rings is 1. The van der Waals surface area contributed by atoms with E-state index in [1.165, 1.54) is 0 Å². The number of H-pyrrole nitrogens is 1. The summed E-state index contributed by atoms with van der Waals surface area (Å²) in [6.45, 7) is 0. The molecule has 0 saturated carbocycles. The highest BCUT2D eigenvalue weighted by atomic mass is 19.4. The lowest BCUT2D eigenvalue weighted by Crippen LogP contribution is -2.06. The number of alkyl halides is 6. The number of halogens is 6. The van der Waals surface area contributed by atoms with Gasteiger partial charge in [-0.3, -0.25) is 0 Å². The third-order valence-corrected chi connectivity index (χ3v) is 2.33. The lowest BCUT2D eigenvalue weighted by atomic mass is 10.1. The second-order valence-electron chi connectivity index (χ2n) is 3.43. The molecule has 92 valence electrons. The van der Waals surface area contributed by atoms with Crippen LogP contribution in [0.5, 0.6) is 0 Å². The molecule has 1 aromatic carbocycles. The molecule has 0 saturated heterocycles. The molecule has 17 heavy (non-hydrogen) atoms. The minimum atomic E-state index is -4.69. The maximum atomic E-state index is 12.5. The Morgan fingerprint density at radius 2 is 1.41 bits per heavy atom. The van der Waals surface area contributed by atoms with Crippen molar-refractivity contribution in [2.24, 2.45) is 0 Å². The van der Waals surface area contributed by atoms with E-state index in [1.807, 2.05) is 4.98 Å². The van der Waals surface area contributed by atoms with E-state index in [0.717, 1.165) is 18.2 Å². The summed E-state index contributed by atoms with van der Waals surface area (Å²) in [5, 5.41) is -0.479. The zero-order valence-corrected chi connectivity index (χ0v) is 8.08. The van der Waals surface area contributed by atoms with Gasteiger partial charge in [0, 0.05) is 11.6 Å². The molecule has 1 N–H and O–H groups in total. The first kappa shape index (κ1) is 11.8. The fourth-order valence-corrected chi connectivity index (χ4v) is 1.63. The van der Waals surface area contributed by atoms with Crippen molar-refractivity contribution >= 4 is 10.9 Å². The molecule has 1 heterocycles. The van der Waals surface area contributed by atoms with Gasteiger partial charge in [0.2, 0.25) is 0 Å². The van der Waals surface area contributed by atoms with Crippen LogP contribution < -0.4 is 0 Å². The maximum Gasteiger partial charge on any atom is 0.418 e. The molecule has 0 aliphatic heterocycles. The summed E-state index contributed by atoms with van der Waals surface area (Å²) in [6, 6.07) is 2.69. The van der Waals surface area contributed by atoms with Crippen LogP contribution in [0.25, 0.3) is 10.9 Å². The van der Waals surface area contributed by atoms with Gasteiger partial charge in [0.15, 0.2) is 0 Å². The third-order valence-electron chi connectivity index (χ3n) is 2.33. The zero-order chi connectivity index (χ0) is 12.8. The van der Waals surface area contributed by atoms with E-state index in [4.69, 9.17) is 0 Å². The maximum absolute atomic E-state index is 12.5. The molecule has 1 aromatic heterocycles. The lowest BCUT2D eigenvalue weighted by molar-refractivity contribution is -0.137. The van der Waals surface area contributed by atoms with Gasteiger partial charge in [-0.25, -0.2) is 0 Å². The van der Waals surface area contributed by atoms with Gasteiger partial charge < -0.3 is 4.98 Å². The van der Waals surface area contributed by atoms with Crippen molar-refractivity contribution in [2.45, 2.75) is 12.4 Å². The van der Waals surface area contributed by atoms with Gasteiger partial charge in [0.05, 0.1) is 16.6 Å². The van der Waals surface area contributed by atoms with E-state index in [9.17, 15) is 26.3 Å². The molecule has 0 aliphatic rings. The number of rotatable bonds is 0. The normalized spacial score (nSPS) is 13.3. The Balaban J connectivity index is 2.74. The van der Waals surface area contributed by atoms with Crippen LogP contribution in [0, 0.1) is 0 Å². The van der Waals surface area contributed by atoms with Crippen LogP contribution in [0.4, 0.5) is 26.3 Å². The average molecular weight is 253 g/mol. The molecule has 0 unspecified atom stereocenters. The molecule has 0 bridgehead atoms. The van der Waals surface area contributed by atoms with Crippen molar-refractivity contribution in [1.82, 2.24) is 4.98 Å². The molecule has 2 rings (SSSR count). The zero-order valence-electron chi connectivity index (χ0n) is 8.08. The van der Waals surface area contributed by atoms with E-state index in [-0.39, 0.29) is 0 Å². The molecular formula is C10H5F6N. The van der Waals surface area contributed by atoms with E-state index < -0.39 is 34.4 Å². The fourth-order valence-electron chi connectivity index (χ4n) is 1.63. The van der Waals surface area contributed by atoms with Gasteiger partial charge in [-0.15, -0.1) is 0 Å². The third kappa shape index (κ3) is 1.96.